The third-order valence-corrected chi connectivity index (χ3v) is 11.8. The number of alkyl halides is 2. The fourth-order valence-electron chi connectivity index (χ4n) is 6.53. The highest BCUT2D eigenvalue weighted by Crippen LogP contribution is 2.59. The zero-order valence-electron chi connectivity index (χ0n) is 28.3. The summed E-state index contributed by atoms with van der Waals surface area (Å²) in [5.74, 6) is -1.38. The van der Waals surface area contributed by atoms with Crippen LogP contribution >= 0.6 is 42.1 Å². The van der Waals surface area contributed by atoms with Crippen molar-refractivity contribution in [2.45, 2.75) is 57.6 Å². The monoisotopic (exact) mass is 793 g/mol. The first-order valence-electron chi connectivity index (χ1n) is 16.4. The fraction of sp³-hybridized carbons (Fsp3) is 0.361. The predicted octanol–water partition coefficient (Wildman–Crippen LogP) is 7.13. The first-order chi connectivity index (χ1) is 24.3. The van der Waals surface area contributed by atoms with E-state index in [-0.39, 0.29) is 42.3 Å². The van der Waals surface area contributed by atoms with Crippen molar-refractivity contribution in [3.63, 3.8) is 0 Å². The van der Waals surface area contributed by atoms with Crippen LogP contribution in [0.3, 0.4) is 0 Å². The first-order valence-corrected chi connectivity index (χ1v) is 19.5. The second kappa shape index (κ2) is 14.4. The number of hydrogen-bond donors (Lipinski definition) is 3. The van der Waals surface area contributed by atoms with Crippen LogP contribution in [0.4, 0.5) is 8.78 Å². The Kier molecular flexibility index (Phi) is 10.6. The van der Waals surface area contributed by atoms with E-state index in [1.165, 1.54) is 17.0 Å². The van der Waals surface area contributed by atoms with Gasteiger partial charge in [-0.05, 0) is 63.9 Å². The summed E-state index contributed by atoms with van der Waals surface area (Å²) in [4.78, 5) is 64.4. The van der Waals surface area contributed by atoms with Crippen molar-refractivity contribution in [2.24, 2.45) is 5.41 Å². The minimum atomic E-state index is -5.80. The maximum absolute atomic E-state index is 14.6. The number of carbonyl (C=O) groups excluding carboxylic acids is 3. The Balaban J connectivity index is 1.27. The van der Waals surface area contributed by atoms with Crippen molar-refractivity contribution in [2.75, 3.05) is 19.7 Å². The van der Waals surface area contributed by atoms with Crippen molar-refractivity contribution < 1.29 is 42.3 Å². The Hall–Kier alpha value is -3.42. The van der Waals surface area contributed by atoms with Gasteiger partial charge in [0.2, 0.25) is 11.8 Å². The van der Waals surface area contributed by atoms with E-state index in [1.807, 2.05) is 24.3 Å². The molecule has 2 unspecified atom stereocenters. The van der Waals surface area contributed by atoms with Gasteiger partial charge in [0.25, 0.3) is 5.91 Å². The molecule has 6 rings (SSSR count). The number of morpholine rings is 1. The largest absolute Gasteiger partial charge is 0.399 e. The molecule has 3 atom stereocenters. The van der Waals surface area contributed by atoms with Crippen LogP contribution in [0.25, 0.3) is 10.1 Å². The minimum Gasteiger partial charge on any atom is -0.370 e. The SMILES string of the molecule is CC(C)(C)C(NC(=O)c1cc2cc(C(F)(F)P(=O)(O)O)ccc2s1)C(=O)N1Cc2ccccc2C[C@H]1C(=O)N1CCOC(c2cc(Cl)cc(Cl)c2)C1. The summed E-state index contributed by atoms with van der Waals surface area (Å²) >= 11 is 13.5. The average Bonchev–Trinajstić information content (AvgIpc) is 3.52. The van der Waals surface area contributed by atoms with E-state index in [0.717, 1.165) is 40.2 Å². The summed E-state index contributed by atoms with van der Waals surface area (Å²) in [5, 5.41) is 3.90. The summed E-state index contributed by atoms with van der Waals surface area (Å²) in [6.07, 6.45) is -0.231. The Morgan fingerprint density at radius 2 is 1.67 bits per heavy atom. The summed E-state index contributed by atoms with van der Waals surface area (Å²) in [6.45, 7) is 6.26. The Morgan fingerprint density at radius 1 is 1.00 bits per heavy atom. The third kappa shape index (κ3) is 7.77. The molecule has 0 radical (unpaired) electrons. The van der Waals surface area contributed by atoms with Crippen molar-refractivity contribution in [1.29, 1.82) is 0 Å². The highest BCUT2D eigenvalue weighted by Gasteiger charge is 2.50. The average molecular weight is 795 g/mol. The molecule has 1 fully saturated rings. The molecule has 3 N–H and O–H groups in total. The van der Waals surface area contributed by atoms with Crippen LogP contribution in [0.1, 0.15) is 58.8 Å². The summed E-state index contributed by atoms with van der Waals surface area (Å²) in [6, 6.07) is 15.1. The van der Waals surface area contributed by atoms with E-state index < -0.39 is 54.2 Å². The maximum atomic E-state index is 14.6. The number of nitrogens with zero attached hydrogens (tertiary/aromatic N) is 2. The molecule has 0 bridgehead atoms. The Bertz CT molecular complexity index is 2080. The molecule has 10 nitrogen and oxygen atoms in total. The zero-order valence-corrected chi connectivity index (χ0v) is 31.5. The van der Waals surface area contributed by atoms with Gasteiger partial charge in [0.05, 0.1) is 18.0 Å². The lowest BCUT2D eigenvalue weighted by atomic mass is 9.84. The Morgan fingerprint density at radius 3 is 2.33 bits per heavy atom. The van der Waals surface area contributed by atoms with Crippen molar-refractivity contribution in [3.05, 3.63) is 104 Å². The molecule has 1 saturated heterocycles. The highest BCUT2D eigenvalue weighted by molar-refractivity contribution is 7.52. The molecule has 3 amide bonds. The van der Waals surface area contributed by atoms with Crippen LogP contribution in [-0.4, -0.2) is 69.1 Å². The number of rotatable bonds is 7. The van der Waals surface area contributed by atoms with Gasteiger partial charge in [-0.2, -0.15) is 8.78 Å². The van der Waals surface area contributed by atoms with Crippen LogP contribution in [0.5, 0.6) is 0 Å². The first kappa shape index (κ1) is 38.3. The molecule has 4 aromatic rings. The van der Waals surface area contributed by atoms with Gasteiger partial charge in [-0.15, -0.1) is 11.3 Å². The van der Waals surface area contributed by atoms with E-state index in [4.69, 9.17) is 27.9 Å². The van der Waals surface area contributed by atoms with Gasteiger partial charge in [0.15, 0.2) is 0 Å². The van der Waals surface area contributed by atoms with E-state index in [0.29, 0.717) is 21.3 Å². The molecular weight excluding hydrogens is 758 g/mol. The fourth-order valence-corrected chi connectivity index (χ4v) is 8.49. The molecule has 52 heavy (non-hydrogen) atoms. The maximum Gasteiger partial charge on any atom is 0.399 e. The third-order valence-electron chi connectivity index (χ3n) is 9.29. The number of amides is 3. The van der Waals surface area contributed by atoms with Crippen molar-refractivity contribution in [1.82, 2.24) is 15.1 Å². The van der Waals surface area contributed by atoms with Gasteiger partial charge < -0.3 is 29.6 Å². The van der Waals surface area contributed by atoms with Crippen LogP contribution in [0, 0.1) is 5.41 Å². The predicted molar refractivity (Wildman–Crippen MR) is 195 cm³/mol. The van der Waals surface area contributed by atoms with Crippen LogP contribution < -0.4 is 5.32 Å². The molecular formula is C36H36Cl2F2N3O7PS. The summed E-state index contributed by atoms with van der Waals surface area (Å²) in [7, 11) is -5.80. The number of benzene rings is 3. The minimum absolute atomic E-state index is 0.103. The molecule has 276 valence electrons. The molecule has 3 heterocycles. The molecule has 3 aromatic carbocycles. The number of fused-ring (bicyclic) bond motifs is 2. The zero-order chi connectivity index (χ0) is 37.7. The molecule has 0 saturated carbocycles. The second-order valence-corrected chi connectivity index (χ2v) is 17.6. The molecule has 0 spiro atoms. The topological polar surface area (TPSA) is 136 Å². The summed E-state index contributed by atoms with van der Waals surface area (Å²) < 4.78 is 46.7. The smallest absolute Gasteiger partial charge is 0.370 e. The summed E-state index contributed by atoms with van der Waals surface area (Å²) in [5.41, 5.74) is -3.60. The van der Waals surface area contributed by atoms with E-state index in [9.17, 15) is 37.5 Å². The molecule has 2 aliphatic rings. The molecule has 2 aliphatic heterocycles. The number of nitrogens with one attached hydrogen (secondary N) is 1. The van der Waals surface area contributed by atoms with Gasteiger partial charge in [-0.1, -0.05) is 74.3 Å². The van der Waals surface area contributed by atoms with Gasteiger partial charge in [-0.3, -0.25) is 18.9 Å². The van der Waals surface area contributed by atoms with E-state index in [2.05, 4.69) is 5.32 Å². The highest BCUT2D eigenvalue weighted by atomic mass is 35.5. The van der Waals surface area contributed by atoms with Crippen molar-refractivity contribution in [3.8, 4) is 0 Å². The van der Waals surface area contributed by atoms with Gasteiger partial charge in [-0.25, -0.2) is 0 Å². The van der Waals surface area contributed by atoms with Crippen molar-refractivity contribution >= 4 is 69.9 Å². The number of hydrogen-bond acceptors (Lipinski definition) is 6. The van der Waals surface area contributed by atoms with E-state index in [1.54, 1.807) is 43.9 Å². The van der Waals surface area contributed by atoms with Gasteiger partial charge in [0.1, 0.15) is 18.2 Å². The standard InChI is InChI=1S/C36H36Cl2F2N3O7PS/c1-35(2,3)31(41-32(44)30-16-23-12-24(8-9-29(23)52-30)36(39,40)51(47,48)49)34(46)43-18-21-7-5-4-6-20(21)15-27(43)33(45)42-10-11-50-28(19-42)22-13-25(37)17-26(38)14-22/h4-9,12-14,16-17,27-28,31H,10-11,15,18-19H2,1-3H3,(H,41,44)(H2,47,48,49)/t27-,28?,31?/m0/s1. The lowest BCUT2D eigenvalue weighted by Crippen LogP contribution is -2.61. The molecule has 16 heteroatoms. The molecule has 0 aliphatic carbocycles. The van der Waals surface area contributed by atoms with Crippen LogP contribution in [0.2, 0.25) is 10.0 Å². The quantitative estimate of drug-likeness (QED) is 0.169. The van der Waals surface area contributed by atoms with Crippen LogP contribution in [0.15, 0.2) is 66.7 Å². The van der Waals surface area contributed by atoms with Gasteiger partial charge >= 0.3 is 13.3 Å². The second-order valence-electron chi connectivity index (χ2n) is 14.0. The number of thiophene rings is 1. The normalized spacial score (nSPS) is 18.9. The number of ether oxygens (including phenoxy) is 1. The lowest BCUT2D eigenvalue weighted by Gasteiger charge is -2.43. The lowest BCUT2D eigenvalue weighted by molar-refractivity contribution is -0.153. The van der Waals surface area contributed by atoms with E-state index >= 15 is 0 Å². The number of halogens is 4. The van der Waals surface area contributed by atoms with Gasteiger partial charge in [0, 0.05) is 39.8 Å². The Labute approximate surface area is 312 Å². The number of carbonyl (C=O) groups is 3. The molecule has 1 aromatic heterocycles. The van der Waals surface area contributed by atoms with Crippen LogP contribution in [-0.2, 0) is 37.5 Å².